The summed E-state index contributed by atoms with van der Waals surface area (Å²) in [5.41, 5.74) is 3.39. The van der Waals surface area contributed by atoms with Crippen LogP contribution in [0.1, 0.15) is 31.9 Å². The standard InChI is InChI=1S/C14H19ClO/c1-9-7-13(16-6)12(15)8-11(9)10(2)14(3,4)5/h7-8H,2H2,1,3-6H3. The lowest BCUT2D eigenvalue weighted by molar-refractivity contribution is 0.414. The molecule has 88 valence electrons. The van der Waals surface area contributed by atoms with E-state index < -0.39 is 0 Å². The number of ether oxygens (including phenoxy) is 1. The van der Waals surface area contributed by atoms with Gasteiger partial charge in [-0.3, -0.25) is 0 Å². The highest BCUT2D eigenvalue weighted by atomic mass is 35.5. The van der Waals surface area contributed by atoms with Crippen LogP contribution in [0.5, 0.6) is 5.75 Å². The molecule has 16 heavy (non-hydrogen) atoms. The minimum Gasteiger partial charge on any atom is -0.495 e. The molecule has 1 aromatic carbocycles. The first-order valence-corrected chi connectivity index (χ1v) is 5.69. The Bertz CT molecular complexity index is 413. The fourth-order valence-electron chi connectivity index (χ4n) is 1.54. The Labute approximate surface area is 103 Å². The van der Waals surface area contributed by atoms with E-state index in [1.54, 1.807) is 7.11 Å². The van der Waals surface area contributed by atoms with Crippen molar-refractivity contribution in [2.75, 3.05) is 7.11 Å². The van der Waals surface area contributed by atoms with Crippen molar-refractivity contribution in [1.82, 2.24) is 0 Å². The second-order valence-corrected chi connectivity index (χ2v) is 5.44. The molecule has 0 unspecified atom stereocenters. The zero-order valence-corrected chi connectivity index (χ0v) is 11.4. The molecule has 0 saturated heterocycles. The highest BCUT2D eigenvalue weighted by molar-refractivity contribution is 6.32. The van der Waals surface area contributed by atoms with E-state index in [0.29, 0.717) is 10.8 Å². The van der Waals surface area contributed by atoms with Crippen LogP contribution in [0.4, 0.5) is 0 Å². The van der Waals surface area contributed by atoms with Crippen molar-refractivity contribution in [3.63, 3.8) is 0 Å². The lowest BCUT2D eigenvalue weighted by atomic mass is 9.82. The molecular weight excluding hydrogens is 220 g/mol. The van der Waals surface area contributed by atoms with Gasteiger partial charge in [0.05, 0.1) is 12.1 Å². The Hall–Kier alpha value is -0.950. The molecule has 1 nitrogen and oxygen atoms in total. The first-order chi connectivity index (χ1) is 7.27. The summed E-state index contributed by atoms with van der Waals surface area (Å²) in [6.45, 7) is 12.6. The van der Waals surface area contributed by atoms with E-state index in [0.717, 1.165) is 16.7 Å². The summed E-state index contributed by atoms with van der Waals surface area (Å²) in [6.07, 6.45) is 0. The van der Waals surface area contributed by atoms with Gasteiger partial charge >= 0.3 is 0 Å². The van der Waals surface area contributed by atoms with Crippen LogP contribution in [0, 0.1) is 12.3 Å². The number of hydrogen-bond acceptors (Lipinski definition) is 1. The Balaban J connectivity index is 3.27. The molecule has 0 aliphatic heterocycles. The number of hydrogen-bond donors (Lipinski definition) is 0. The van der Waals surface area contributed by atoms with Gasteiger partial charge in [-0.25, -0.2) is 0 Å². The van der Waals surface area contributed by atoms with Crippen LogP contribution in [0.3, 0.4) is 0 Å². The second-order valence-electron chi connectivity index (χ2n) is 5.03. The third-order valence-corrected chi connectivity index (χ3v) is 3.02. The fourth-order valence-corrected chi connectivity index (χ4v) is 1.78. The Morgan fingerprint density at radius 1 is 1.31 bits per heavy atom. The number of benzene rings is 1. The predicted molar refractivity (Wildman–Crippen MR) is 71.2 cm³/mol. The maximum Gasteiger partial charge on any atom is 0.137 e. The molecule has 0 aliphatic carbocycles. The van der Waals surface area contributed by atoms with Gasteiger partial charge in [-0.05, 0) is 41.2 Å². The summed E-state index contributed by atoms with van der Waals surface area (Å²) in [6, 6.07) is 3.89. The van der Waals surface area contributed by atoms with Crippen molar-refractivity contribution >= 4 is 17.2 Å². The molecule has 0 N–H and O–H groups in total. The van der Waals surface area contributed by atoms with Crippen LogP contribution in [-0.2, 0) is 0 Å². The van der Waals surface area contributed by atoms with Crippen molar-refractivity contribution in [3.8, 4) is 5.75 Å². The third-order valence-electron chi connectivity index (χ3n) is 2.73. The number of methoxy groups -OCH3 is 1. The minimum atomic E-state index is 0.0443. The number of halogens is 1. The zero-order chi connectivity index (χ0) is 12.5. The van der Waals surface area contributed by atoms with Crippen molar-refractivity contribution in [1.29, 1.82) is 0 Å². The van der Waals surface area contributed by atoms with Crippen LogP contribution in [-0.4, -0.2) is 7.11 Å². The summed E-state index contributed by atoms with van der Waals surface area (Å²) >= 11 is 6.13. The van der Waals surface area contributed by atoms with Gasteiger partial charge in [0.2, 0.25) is 0 Å². The zero-order valence-electron chi connectivity index (χ0n) is 10.6. The van der Waals surface area contributed by atoms with E-state index in [9.17, 15) is 0 Å². The van der Waals surface area contributed by atoms with Gasteiger partial charge < -0.3 is 4.74 Å². The molecule has 0 atom stereocenters. The molecule has 0 bridgehead atoms. The van der Waals surface area contributed by atoms with E-state index in [-0.39, 0.29) is 5.41 Å². The number of rotatable bonds is 2. The van der Waals surface area contributed by atoms with Crippen LogP contribution in [0.2, 0.25) is 5.02 Å². The van der Waals surface area contributed by atoms with Gasteiger partial charge in [0.25, 0.3) is 0 Å². The molecule has 1 rings (SSSR count). The van der Waals surface area contributed by atoms with Crippen molar-refractivity contribution in [2.24, 2.45) is 5.41 Å². The van der Waals surface area contributed by atoms with E-state index in [2.05, 4.69) is 27.4 Å². The van der Waals surface area contributed by atoms with Crippen molar-refractivity contribution in [3.05, 3.63) is 34.9 Å². The summed E-state index contributed by atoms with van der Waals surface area (Å²) < 4.78 is 5.18. The predicted octanol–water partition coefficient (Wildman–Crippen LogP) is 4.72. The van der Waals surface area contributed by atoms with Crippen molar-refractivity contribution < 1.29 is 4.74 Å². The van der Waals surface area contributed by atoms with Gasteiger partial charge in [0.15, 0.2) is 0 Å². The lowest BCUT2D eigenvalue weighted by Crippen LogP contribution is -2.08. The molecule has 0 fully saturated rings. The Morgan fingerprint density at radius 2 is 1.88 bits per heavy atom. The molecule has 0 aromatic heterocycles. The molecular formula is C14H19ClO. The molecule has 0 spiro atoms. The fraction of sp³-hybridized carbons (Fsp3) is 0.429. The highest BCUT2D eigenvalue weighted by Crippen LogP contribution is 2.37. The maximum atomic E-state index is 6.13. The number of aryl methyl sites for hydroxylation is 1. The summed E-state index contributed by atoms with van der Waals surface area (Å²) in [5.74, 6) is 0.713. The average Bonchev–Trinajstić information content (AvgIpc) is 2.18. The third kappa shape index (κ3) is 2.59. The van der Waals surface area contributed by atoms with Crippen LogP contribution < -0.4 is 4.74 Å². The highest BCUT2D eigenvalue weighted by Gasteiger charge is 2.19. The normalized spacial score (nSPS) is 11.4. The first kappa shape index (κ1) is 13.1. The van der Waals surface area contributed by atoms with Crippen molar-refractivity contribution in [2.45, 2.75) is 27.7 Å². The monoisotopic (exact) mass is 238 g/mol. The quantitative estimate of drug-likeness (QED) is 0.725. The summed E-state index contributed by atoms with van der Waals surface area (Å²) in [5, 5.41) is 0.633. The SMILES string of the molecule is C=C(c1cc(Cl)c(OC)cc1C)C(C)(C)C. The van der Waals surface area contributed by atoms with E-state index in [1.165, 1.54) is 0 Å². The van der Waals surface area contributed by atoms with E-state index in [1.807, 2.05) is 19.1 Å². The largest absolute Gasteiger partial charge is 0.495 e. The molecule has 0 amide bonds. The molecule has 2 heteroatoms. The van der Waals surface area contributed by atoms with Crippen LogP contribution in [0.15, 0.2) is 18.7 Å². The summed E-state index contributed by atoms with van der Waals surface area (Å²) in [4.78, 5) is 0. The van der Waals surface area contributed by atoms with Crippen LogP contribution in [0.25, 0.3) is 5.57 Å². The van der Waals surface area contributed by atoms with E-state index >= 15 is 0 Å². The molecule has 0 heterocycles. The van der Waals surface area contributed by atoms with Gasteiger partial charge in [-0.2, -0.15) is 0 Å². The van der Waals surface area contributed by atoms with Gasteiger partial charge in [-0.1, -0.05) is 39.0 Å². The minimum absolute atomic E-state index is 0.0443. The number of allylic oxidation sites excluding steroid dienone is 1. The molecule has 1 aromatic rings. The Kier molecular flexibility index (Phi) is 3.69. The lowest BCUT2D eigenvalue weighted by Gasteiger charge is -2.24. The van der Waals surface area contributed by atoms with Gasteiger partial charge in [-0.15, -0.1) is 0 Å². The molecule has 0 aliphatic rings. The Morgan fingerprint density at radius 3 is 2.31 bits per heavy atom. The maximum absolute atomic E-state index is 6.13. The second kappa shape index (κ2) is 4.50. The summed E-state index contributed by atoms with van der Waals surface area (Å²) in [7, 11) is 1.62. The average molecular weight is 239 g/mol. The first-order valence-electron chi connectivity index (χ1n) is 5.31. The van der Waals surface area contributed by atoms with Gasteiger partial charge in [0.1, 0.15) is 5.75 Å². The molecule has 0 saturated carbocycles. The smallest absolute Gasteiger partial charge is 0.137 e. The van der Waals surface area contributed by atoms with Crippen LogP contribution >= 0.6 is 11.6 Å². The van der Waals surface area contributed by atoms with E-state index in [4.69, 9.17) is 16.3 Å². The molecule has 0 radical (unpaired) electrons. The van der Waals surface area contributed by atoms with Gasteiger partial charge in [0, 0.05) is 0 Å². The topological polar surface area (TPSA) is 9.23 Å².